The number of fused-ring (bicyclic) bond motifs is 1. The first-order chi connectivity index (χ1) is 15.7. The van der Waals surface area contributed by atoms with Gasteiger partial charge in [-0.3, -0.25) is 4.90 Å². The minimum atomic E-state index is -0.538. The van der Waals surface area contributed by atoms with Crippen molar-refractivity contribution in [3.8, 4) is 17.6 Å². The van der Waals surface area contributed by atoms with Gasteiger partial charge in [0, 0.05) is 26.1 Å². The first kappa shape index (κ1) is 21.6. The molecule has 2 heterocycles. The molecule has 0 saturated heterocycles. The van der Waals surface area contributed by atoms with Crippen LogP contribution in [0.3, 0.4) is 0 Å². The van der Waals surface area contributed by atoms with Crippen molar-refractivity contribution < 1.29 is 14.3 Å². The zero-order chi connectivity index (χ0) is 22.2. The van der Waals surface area contributed by atoms with Crippen LogP contribution in [0.5, 0.6) is 5.75 Å². The van der Waals surface area contributed by atoms with Crippen molar-refractivity contribution in [1.82, 2.24) is 9.88 Å². The van der Waals surface area contributed by atoms with Crippen LogP contribution in [0.4, 0.5) is 0 Å². The number of esters is 1. The number of benzene rings is 2. The molecule has 1 aromatic heterocycles. The summed E-state index contributed by atoms with van der Waals surface area (Å²) in [5.74, 6) is 6.11. The molecule has 0 N–H and O–H groups in total. The summed E-state index contributed by atoms with van der Waals surface area (Å²) < 4.78 is 10.7. The number of carbonyl (C=O) groups is 1. The number of aromatic nitrogens is 1. The summed E-state index contributed by atoms with van der Waals surface area (Å²) in [5, 5.41) is 0. The van der Waals surface area contributed by atoms with E-state index >= 15 is 0 Å². The predicted molar refractivity (Wildman–Crippen MR) is 123 cm³/mol. The maximum atomic E-state index is 12.2. The Kier molecular flexibility index (Phi) is 7.16. The Morgan fingerprint density at radius 3 is 2.62 bits per heavy atom. The number of carbonyl (C=O) groups excluding carboxylic acids is 1. The number of nitrogens with zero attached hydrogens (tertiary/aromatic N) is 2. The fourth-order valence-corrected chi connectivity index (χ4v) is 3.72. The van der Waals surface area contributed by atoms with Crippen LogP contribution in [0.1, 0.15) is 39.3 Å². The van der Waals surface area contributed by atoms with Crippen LogP contribution in [-0.2, 0) is 24.3 Å². The molecule has 162 valence electrons. The highest BCUT2D eigenvalue weighted by atomic mass is 16.5. The number of ether oxygens (including phenoxy) is 2. The molecule has 5 nitrogen and oxygen atoms in total. The third-order valence-corrected chi connectivity index (χ3v) is 5.45. The number of hydrogen-bond donors (Lipinski definition) is 0. The first-order valence-electron chi connectivity index (χ1n) is 10.8. The minimum absolute atomic E-state index is 0.142. The van der Waals surface area contributed by atoms with Gasteiger partial charge >= 0.3 is 5.97 Å². The molecule has 2 aromatic carbocycles. The van der Waals surface area contributed by atoms with E-state index < -0.39 is 5.97 Å². The number of pyridine rings is 1. The molecule has 0 amide bonds. The lowest BCUT2D eigenvalue weighted by atomic mass is 10.00. The summed E-state index contributed by atoms with van der Waals surface area (Å²) >= 11 is 0. The molecule has 0 spiro atoms. The lowest BCUT2D eigenvalue weighted by Gasteiger charge is -2.27. The third-order valence-electron chi connectivity index (χ3n) is 5.45. The fourth-order valence-electron chi connectivity index (χ4n) is 3.72. The van der Waals surface area contributed by atoms with E-state index in [4.69, 9.17) is 9.47 Å². The maximum Gasteiger partial charge on any atom is 0.360 e. The van der Waals surface area contributed by atoms with Crippen LogP contribution >= 0.6 is 0 Å². The SMILES string of the molecule is COC(=O)c1nc(C#CCCN2CCc3ccccc3C2)ccc1OCc1ccccc1. The maximum absolute atomic E-state index is 12.2. The monoisotopic (exact) mass is 426 g/mol. The predicted octanol–water partition coefficient (Wildman–Crippen LogP) is 4.25. The number of rotatable bonds is 6. The molecule has 0 fully saturated rings. The van der Waals surface area contributed by atoms with Gasteiger partial charge in [-0.1, -0.05) is 60.5 Å². The average Bonchev–Trinajstić information content (AvgIpc) is 2.85. The fraction of sp³-hybridized carbons (Fsp3) is 0.259. The van der Waals surface area contributed by atoms with E-state index in [1.165, 1.54) is 18.2 Å². The van der Waals surface area contributed by atoms with Crippen LogP contribution in [0.25, 0.3) is 0 Å². The topological polar surface area (TPSA) is 51.7 Å². The second-order valence-electron chi connectivity index (χ2n) is 7.66. The van der Waals surface area contributed by atoms with Crippen LogP contribution in [-0.4, -0.2) is 36.1 Å². The molecule has 1 aliphatic rings. The molecule has 0 aliphatic carbocycles. The van der Waals surface area contributed by atoms with Crippen molar-refractivity contribution >= 4 is 5.97 Å². The number of hydrogen-bond acceptors (Lipinski definition) is 5. The summed E-state index contributed by atoms with van der Waals surface area (Å²) in [6, 6.07) is 21.9. The van der Waals surface area contributed by atoms with E-state index in [0.717, 1.165) is 38.0 Å². The van der Waals surface area contributed by atoms with Gasteiger partial charge in [-0.2, -0.15) is 0 Å². The Hall–Kier alpha value is -3.62. The van der Waals surface area contributed by atoms with Gasteiger partial charge in [0.1, 0.15) is 12.3 Å². The summed E-state index contributed by atoms with van der Waals surface area (Å²) in [7, 11) is 1.33. The molecule has 32 heavy (non-hydrogen) atoms. The van der Waals surface area contributed by atoms with Crippen LogP contribution in [0.15, 0.2) is 66.7 Å². The second kappa shape index (κ2) is 10.6. The second-order valence-corrected chi connectivity index (χ2v) is 7.66. The molecule has 0 saturated carbocycles. The van der Waals surface area contributed by atoms with E-state index in [-0.39, 0.29) is 5.69 Å². The molecule has 5 heteroatoms. The highest BCUT2D eigenvalue weighted by Gasteiger charge is 2.17. The molecule has 0 radical (unpaired) electrons. The lowest BCUT2D eigenvalue weighted by molar-refractivity contribution is 0.0588. The highest BCUT2D eigenvalue weighted by Crippen LogP contribution is 2.20. The average molecular weight is 427 g/mol. The summed E-state index contributed by atoms with van der Waals surface area (Å²) in [4.78, 5) is 19.0. The normalized spacial score (nSPS) is 12.9. The van der Waals surface area contributed by atoms with Crippen molar-refractivity contribution in [1.29, 1.82) is 0 Å². The highest BCUT2D eigenvalue weighted by molar-refractivity contribution is 5.90. The van der Waals surface area contributed by atoms with E-state index in [1.807, 2.05) is 30.3 Å². The van der Waals surface area contributed by atoms with Gasteiger partial charge in [-0.15, -0.1) is 0 Å². The van der Waals surface area contributed by atoms with Gasteiger partial charge in [0.05, 0.1) is 7.11 Å². The molecule has 0 bridgehead atoms. The largest absolute Gasteiger partial charge is 0.486 e. The van der Waals surface area contributed by atoms with E-state index in [9.17, 15) is 4.79 Å². The van der Waals surface area contributed by atoms with Gasteiger partial charge < -0.3 is 9.47 Å². The zero-order valence-corrected chi connectivity index (χ0v) is 18.2. The molecule has 4 rings (SSSR count). The van der Waals surface area contributed by atoms with Crippen LogP contribution in [0.2, 0.25) is 0 Å². The standard InChI is InChI=1S/C27H26N2O3/c1-31-27(30)26-25(32-20-21-9-3-2-4-10-21)15-14-24(28-26)13-7-8-17-29-18-16-22-11-5-6-12-23(22)19-29/h2-6,9-12,14-15H,8,16-20H2,1H3. The van der Waals surface area contributed by atoms with Gasteiger partial charge in [-0.05, 0) is 41.2 Å². The minimum Gasteiger partial charge on any atom is -0.486 e. The smallest absolute Gasteiger partial charge is 0.360 e. The molecule has 0 atom stereocenters. The molecular formula is C27H26N2O3. The first-order valence-corrected chi connectivity index (χ1v) is 10.8. The van der Waals surface area contributed by atoms with Crippen molar-refractivity contribution in [3.63, 3.8) is 0 Å². The van der Waals surface area contributed by atoms with Crippen LogP contribution < -0.4 is 4.74 Å². The zero-order valence-electron chi connectivity index (χ0n) is 18.2. The van der Waals surface area contributed by atoms with Crippen molar-refractivity contribution in [2.24, 2.45) is 0 Å². The Morgan fingerprint density at radius 1 is 1.03 bits per heavy atom. The third kappa shape index (κ3) is 5.54. The van der Waals surface area contributed by atoms with Crippen molar-refractivity contribution in [2.75, 3.05) is 20.2 Å². The van der Waals surface area contributed by atoms with Crippen molar-refractivity contribution in [2.45, 2.75) is 26.0 Å². The van der Waals surface area contributed by atoms with E-state index in [2.05, 4.69) is 46.0 Å². The quantitative estimate of drug-likeness (QED) is 0.436. The Morgan fingerprint density at radius 2 is 1.81 bits per heavy atom. The summed E-state index contributed by atoms with van der Waals surface area (Å²) in [6.45, 7) is 3.27. The summed E-state index contributed by atoms with van der Waals surface area (Å²) in [6.07, 6.45) is 1.82. The Balaban J connectivity index is 1.37. The molecule has 0 unspecified atom stereocenters. The molecular weight excluding hydrogens is 400 g/mol. The molecule has 3 aromatic rings. The Bertz CT molecular complexity index is 1130. The van der Waals surface area contributed by atoms with Crippen LogP contribution in [0, 0.1) is 11.8 Å². The Labute approximate surface area is 189 Å². The summed E-state index contributed by atoms with van der Waals surface area (Å²) in [5.41, 5.74) is 4.53. The van der Waals surface area contributed by atoms with Gasteiger partial charge in [-0.25, -0.2) is 9.78 Å². The van der Waals surface area contributed by atoms with E-state index in [1.54, 1.807) is 12.1 Å². The van der Waals surface area contributed by atoms with Crippen molar-refractivity contribution in [3.05, 3.63) is 94.8 Å². The van der Waals surface area contributed by atoms with Gasteiger partial charge in [0.2, 0.25) is 0 Å². The van der Waals surface area contributed by atoms with Gasteiger partial charge in [0.25, 0.3) is 0 Å². The van der Waals surface area contributed by atoms with E-state index in [0.29, 0.717) is 18.1 Å². The lowest BCUT2D eigenvalue weighted by Crippen LogP contribution is -2.31. The molecule has 1 aliphatic heterocycles. The van der Waals surface area contributed by atoms with Gasteiger partial charge in [0.15, 0.2) is 11.4 Å². The number of methoxy groups -OCH3 is 1.